The minimum absolute atomic E-state index is 0.0504. The van der Waals surface area contributed by atoms with Gasteiger partial charge in [0.25, 0.3) is 0 Å². The summed E-state index contributed by atoms with van der Waals surface area (Å²) < 4.78 is 48.9. The van der Waals surface area contributed by atoms with Gasteiger partial charge in [0.2, 0.25) is 33.7 Å². The van der Waals surface area contributed by atoms with Gasteiger partial charge in [0.05, 0.1) is 18.3 Å². The van der Waals surface area contributed by atoms with Crippen LogP contribution in [0, 0.1) is 17.7 Å². The number of carbonyl (C=O) groups excluding carboxylic acids is 6. The molecule has 18 heteroatoms. The zero-order valence-corrected chi connectivity index (χ0v) is 31.9. The van der Waals surface area contributed by atoms with E-state index in [9.17, 15) is 41.6 Å². The number of amides is 6. The van der Waals surface area contributed by atoms with E-state index in [1.54, 1.807) is 46.0 Å². The number of carbonyl (C=O) groups is 6. The van der Waals surface area contributed by atoms with Crippen LogP contribution in [0.5, 0.6) is 0 Å². The number of allylic oxidation sites excluding steroid dienone is 1. The molecule has 0 bridgehead atoms. The molecule has 2 aliphatic heterocycles. The van der Waals surface area contributed by atoms with Crippen molar-refractivity contribution in [3.63, 3.8) is 0 Å². The van der Waals surface area contributed by atoms with Crippen LogP contribution in [0.3, 0.4) is 0 Å². The van der Waals surface area contributed by atoms with Crippen molar-refractivity contribution in [1.82, 2.24) is 19.4 Å². The number of fused-ring (bicyclic) bond motifs is 1. The van der Waals surface area contributed by atoms with Gasteiger partial charge in [0.15, 0.2) is 0 Å². The van der Waals surface area contributed by atoms with Crippen LogP contribution in [0.15, 0.2) is 43.5 Å². The van der Waals surface area contributed by atoms with Gasteiger partial charge in [-0.2, -0.15) is 0 Å². The summed E-state index contributed by atoms with van der Waals surface area (Å²) in [5, 5.41) is -0.326. The molecule has 2 heterocycles. The van der Waals surface area contributed by atoms with Crippen molar-refractivity contribution in [3.8, 4) is 0 Å². The quantitative estimate of drug-likeness (QED) is 0.220. The zero-order valence-electron chi connectivity index (χ0n) is 31.1. The third-order valence-corrected chi connectivity index (χ3v) is 10.7. The van der Waals surface area contributed by atoms with Crippen LogP contribution in [0.4, 0.5) is 14.0 Å². The maximum atomic E-state index is 13.9. The normalized spacial score (nSPS) is 21.1. The highest BCUT2D eigenvalue weighted by atomic mass is 32.2. The fourth-order valence-electron chi connectivity index (χ4n) is 5.79. The molecule has 2 saturated carbocycles. The van der Waals surface area contributed by atoms with Gasteiger partial charge in [-0.05, 0) is 70.1 Å². The number of likely N-dealkylation sites (N-methyl/N-ethyl adjacent to an activating group) is 1. The van der Waals surface area contributed by atoms with Crippen LogP contribution in [-0.4, -0.2) is 102 Å². The predicted octanol–water partition coefficient (Wildman–Crippen LogP) is 2.45. The first kappa shape index (κ1) is 43.4. The van der Waals surface area contributed by atoms with E-state index in [-0.39, 0.29) is 73.1 Å². The number of likely N-dealkylation sites (tertiary alicyclic amines) is 1. The number of rotatable bonds is 11. The molecule has 1 aromatic carbocycles. The lowest BCUT2D eigenvalue weighted by atomic mass is 10.1. The van der Waals surface area contributed by atoms with Crippen LogP contribution in [0.25, 0.3) is 0 Å². The summed E-state index contributed by atoms with van der Waals surface area (Å²) in [6.45, 7) is 13.0. The Morgan fingerprint density at radius 2 is 1.74 bits per heavy atom. The summed E-state index contributed by atoms with van der Waals surface area (Å²) >= 11 is 0. The van der Waals surface area contributed by atoms with Crippen molar-refractivity contribution in [2.45, 2.75) is 95.4 Å². The second-order valence-corrected chi connectivity index (χ2v) is 16.5. The van der Waals surface area contributed by atoms with Crippen LogP contribution >= 0.6 is 0 Å². The molecule has 4 aliphatic rings. The van der Waals surface area contributed by atoms with Crippen molar-refractivity contribution < 1.29 is 51.0 Å². The number of primary amides is 2. The maximum Gasteiger partial charge on any atom is 0.410 e. The summed E-state index contributed by atoms with van der Waals surface area (Å²) in [6, 6.07) is 3.81. The Morgan fingerprint density at radius 1 is 1.07 bits per heavy atom. The fraction of sp³-hybridized carbons (Fsp3) is 0.556. The molecule has 6 amide bonds. The molecular weight excluding hydrogens is 727 g/mol. The molecule has 298 valence electrons. The first-order valence-electron chi connectivity index (χ1n) is 17.5. The Balaban J connectivity index is 0.000000290. The van der Waals surface area contributed by atoms with Crippen LogP contribution in [0.1, 0.15) is 70.4 Å². The molecule has 4 atom stereocenters. The van der Waals surface area contributed by atoms with E-state index in [0.717, 1.165) is 12.0 Å². The number of benzene rings is 1. The molecule has 2 aliphatic carbocycles. The average molecular weight is 779 g/mol. The number of nitrogens with two attached hydrogens (primary N) is 2. The fourth-order valence-corrected chi connectivity index (χ4v) is 7.14. The van der Waals surface area contributed by atoms with Crippen LogP contribution in [-0.2, 0) is 51.8 Å². The molecule has 1 saturated heterocycles. The van der Waals surface area contributed by atoms with E-state index in [4.69, 9.17) is 16.2 Å². The van der Waals surface area contributed by atoms with Crippen molar-refractivity contribution in [2.75, 3.05) is 20.1 Å². The monoisotopic (exact) mass is 778 g/mol. The molecule has 54 heavy (non-hydrogen) atoms. The predicted molar refractivity (Wildman–Crippen MR) is 195 cm³/mol. The molecule has 5 rings (SSSR count). The van der Waals surface area contributed by atoms with E-state index >= 15 is 0 Å². The zero-order chi connectivity index (χ0) is 40.5. The molecule has 16 nitrogen and oxygen atoms in total. The summed E-state index contributed by atoms with van der Waals surface area (Å²) in [7, 11) is -1.75. The SMILES string of the molecule is C=CC(=O)N(C)CCCC(=O)N1C[C@H](OC(=O)N2Cc3cccc(F)c3C2)C[C@H]1C(N)=O.C=C[C@@H]1C[C@@H]1C(=O)NS(=O)(=O)C1CC1.CC(C)(C)OC(N)=O. The van der Waals surface area contributed by atoms with Gasteiger partial charge in [-0.1, -0.05) is 24.8 Å². The highest BCUT2D eigenvalue weighted by molar-refractivity contribution is 7.90. The summed E-state index contributed by atoms with van der Waals surface area (Å²) in [6.07, 6.45) is 3.56. The number of halogens is 1. The third kappa shape index (κ3) is 12.8. The number of sulfonamides is 1. The number of nitrogens with zero attached hydrogens (tertiary/aromatic N) is 3. The molecule has 0 radical (unpaired) electrons. The lowest BCUT2D eigenvalue weighted by Gasteiger charge is -2.23. The highest BCUT2D eigenvalue weighted by Crippen LogP contribution is 2.40. The van der Waals surface area contributed by atoms with Crippen molar-refractivity contribution in [1.29, 1.82) is 0 Å². The molecule has 0 aromatic heterocycles. The van der Waals surface area contributed by atoms with Gasteiger partial charge in [-0.3, -0.25) is 28.8 Å². The third-order valence-electron chi connectivity index (χ3n) is 8.89. The van der Waals surface area contributed by atoms with Gasteiger partial charge >= 0.3 is 12.2 Å². The molecular formula is C36H51FN6O10S. The number of hydrogen-bond acceptors (Lipinski definition) is 10. The lowest BCUT2D eigenvalue weighted by Crippen LogP contribution is -2.44. The van der Waals surface area contributed by atoms with E-state index in [1.807, 2.05) is 0 Å². The Kier molecular flexibility index (Phi) is 14.8. The molecule has 1 aromatic rings. The first-order chi connectivity index (χ1) is 25.2. The van der Waals surface area contributed by atoms with Gasteiger partial charge in [0, 0.05) is 44.5 Å². The van der Waals surface area contributed by atoms with Crippen LogP contribution in [0.2, 0.25) is 0 Å². The Bertz CT molecular complexity index is 1730. The van der Waals surface area contributed by atoms with Gasteiger partial charge in [-0.15, -0.1) is 6.58 Å². The highest BCUT2D eigenvalue weighted by Gasteiger charge is 2.45. The molecule has 0 unspecified atom stereocenters. The van der Waals surface area contributed by atoms with E-state index in [0.29, 0.717) is 31.4 Å². The van der Waals surface area contributed by atoms with Crippen molar-refractivity contribution in [3.05, 3.63) is 60.5 Å². The van der Waals surface area contributed by atoms with Crippen LogP contribution < -0.4 is 16.2 Å². The summed E-state index contributed by atoms with van der Waals surface area (Å²) in [4.78, 5) is 74.2. The number of nitrogens with one attached hydrogen (secondary N) is 1. The van der Waals surface area contributed by atoms with E-state index in [2.05, 4.69) is 22.6 Å². The Morgan fingerprint density at radius 3 is 2.24 bits per heavy atom. The number of ether oxygens (including phenoxy) is 2. The lowest BCUT2D eigenvalue weighted by molar-refractivity contribution is -0.137. The first-order valence-corrected chi connectivity index (χ1v) is 19.1. The minimum Gasteiger partial charge on any atom is -0.444 e. The van der Waals surface area contributed by atoms with Gasteiger partial charge in [-0.25, -0.2) is 22.4 Å². The van der Waals surface area contributed by atoms with E-state index in [1.165, 1.54) is 26.8 Å². The van der Waals surface area contributed by atoms with Crippen molar-refractivity contribution >= 4 is 45.8 Å². The molecule has 3 fully saturated rings. The second kappa shape index (κ2) is 18.4. The summed E-state index contributed by atoms with van der Waals surface area (Å²) in [5.41, 5.74) is 10.9. The van der Waals surface area contributed by atoms with Gasteiger partial charge < -0.3 is 30.7 Å². The Hall–Kier alpha value is -5.00. The van der Waals surface area contributed by atoms with E-state index < -0.39 is 45.9 Å². The van der Waals surface area contributed by atoms with Crippen molar-refractivity contribution in [2.24, 2.45) is 23.3 Å². The topological polar surface area (TPSA) is 229 Å². The second-order valence-electron chi connectivity index (χ2n) is 14.5. The minimum atomic E-state index is -3.36. The Labute approximate surface area is 315 Å². The molecule has 0 spiro atoms. The standard InChI is InChI=1S/C22H27FN4O5.C9H13NO3S.C5H11NO2/c1-3-19(28)25(2)9-5-8-20(29)27-12-15(10-18(27)21(24)30)32-22(31)26-11-14-6-4-7-17(23)16(14)13-26;1-2-6-5-8(6)9(11)10-14(12,13)7-3-4-7;1-5(2,3)8-4(6)7/h3-4,6-7,15,18H,1,5,8-13H2,2H3,(H2,24,30);2,6-8H,1,3-5H2,(H,10,11);1-3H3,(H2,6,7)/t15-,18+;6-,8+;/m11./s1. The molecule has 5 N–H and O–H groups in total. The summed E-state index contributed by atoms with van der Waals surface area (Å²) in [5.74, 6) is -1.95. The van der Waals surface area contributed by atoms with Gasteiger partial charge in [0.1, 0.15) is 23.6 Å². The smallest absolute Gasteiger partial charge is 0.410 e. The number of hydrogen-bond donors (Lipinski definition) is 3. The maximum absolute atomic E-state index is 13.9. The largest absolute Gasteiger partial charge is 0.444 e. The average Bonchev–Trinajstić information content (AvgIpc) is 4.00.